The fraction of sp³-hybridized carbons (Fsp3) is 0.120. The molecule has 1 aromatic heterocycles. The molecule has 0 radical (unpaired) electrons. The van der Waals surface area contributed by atoms with Gasteiger partial charge in [0.1, 0.15) is 18.1 Å². The predicted molar refractivity (Wildman–Crippen MR) is 124 cm³/mol. The molecule has 0 fully saturated rings. The van der Waals surface area contributed by atoms with Crippen LogP contribution in [0.25, 0.3) is 10.9 Å². The Kier molecular flexibility index (Phi) is 6.14. The van der Waals surface area contributed by atoms with E-state index in [1.54, 1.807) is 49.4 Å². The number of carbonyl (C=O) groups is 2. The molecule has 6 nitrogen and oxygen atoms in total. The molecule has 0 saturated heterocycles. The van der Waals surface area contributed by atoms with Crippen LogP contribution >= 0.6 is 11.6 Å². The van der Waals surface area contributed by atoms with Crippen molar-refractivity contribution in [1.29, 1.82) is 0 Å². The Morgan fingerprint density at radius 3 is 2.53 bits per heavy atom. The Morgan fingerprint density at radius 1 is 1.00 bits per heavy atom. The Bertz CT molecular complexity index is 1300. The lowest BCUT2D eigenvalue weighted by molar-refractivity contribution is 0.102. The SMILES string of the molecule is CCOC(=O)n1c(C(=O)c2cccc(OCc3ccccc3)c2)c(N)c2ccc(Cl)cc21. The van der Waals surface area contributed by atoms with E-state index in [-0.39, 0.29) is 18.0 Å². The Labute approximate surface area is 190 Å². The molecule has 0 unspecified atom stereocenters. The van der Waals surface area contributed by atoms with Crippen molar-refractivity contribution in [2.75, 3.05) is 12.3 Å². The van der Waals surface area contributed by atoms with Crippen molar-refractivity contribution in [3.63, 3.8) is 0 Å². The molecule has 0 aliphatic rings. The number of aromatic nitrogens is 1. The minimum Gasteiger partial charge on any atom is -0.489 e. The second-order valence-electron chi connectivity index (χ2n) is 7.09. The van der Waals surface area contributed by atoms with Crippen molar-refractivity contribution < 1.29 is 19.1 Å². The average molecular weight is 449 g/mol. The lowest BCUT2D eigenvalue weighted by Gasteiger charge is -2.11. The van der Waals surface area contributed by atoms with Gasteiger partial charge < -0.3 is 15.2 Å². The van der Waals surface area contributed by atoms with Crippen molar-refractivity contribution in [1.82, 2.24) is 4.57 Å². The number of nitrogen functional groups attached to an aromatic ring is 1. The molecule has 0 bridgehead atoms. The molecule has 32 heavy (non-hydrogen) atoms. The summed E-state index contributed by atoms with van der Waals surface area (Å²) in [6.07, 6.45) is -0.698. The molecule has 1 heterocycles. The van der Waals surface area contributed by atoms with Crippen LogP contribution in [0, 0.1) is 0 Å². The van der Waals surface area contributed by atoms with Gasteiger partial charge in [-0.25, -0.2) is 9.36 Å². The monoisotopic (exact) mass is 448 g/mol. The van der Waals surface area contributed by atoms with Crippen molar-refractivity contribution in [2.24, 2.45) is 0 Å². The summed E-state index contributed by atoms with van der Waals surface area (Å²) in [6.45, 7) is 2.20. The third-order valence-corrected chi connectivity index (χ3v) is 5.21. The zero-order chi connectivity index (χ0) is 22.7. The fourth-order valence-electron chi connectivity index (χ4n) is 3.49. The molecule has 0 spiro atoms. The van der Waals surface area contributed by atoms with Crippen molar-refractivity contribution in [2.45, 2.75) is 13.5 Å². The normalized spacial score (nSPS) is 10.8. The number of benzene rings is 3. The molecule has 7 heteroatoms. The summed E-state index contributed by atoms with van der Waals surface area (Å²) in [5.74, 6) is 0.105. The standard InChI is InChI=1S/C25H21ClN2O4/c1-2-31-25(30)28-21-14-18(26)11-12-20(21)22(27)23(28)24(29)17-9-6-10-19(13-17)32-15-16-7-4-3-5-8-16/h3-14H,2,15,27H2,1H3. The second kappa shape index (κ2) is 9.16. The number of halogens is 1. The topological polar surface area (TPSA) is 83.5 Å². The van der Waals surface area contributed by atoms with Crippen LogP contribution < -0.4 is 10.5 Å². The maximum Gasteiger partial charge on any atom is 0.419 e. The molecule has 0 atom stereocenters. The van der Waals surface area contributed by atoms with E-state index in [0.29, 0.717) is 33.8 Å². The van der Waals surface area contributed by atoms with Gasteiger partial charge in [-0.05, 0) is 42.8 Å². The van der Waals surface area contributed by atoms with Gasteiger partial charge in [0.2, 0.25) is 5.78 Å². The number of fused-ring (bicyclic) bond motifs is 1. The highest BCUT2D eigenvalue weighted by atomic mass is 35.5. The average Bonchev–Trinajstić information content (AvgIpc) is 3.09. The quantitative estimate of drug-likeness (QED) is 0.383. The summed E-state index contributed by atoms with van der Waals surface area (Å²) in [5, 5.41) is 0.957. The summed E-state index contributed by atoms with van der Waals surface area (Å²) in [5.41, 5.74) is 8.28. The Balaban J connectivity index is 1.73. The van der Waals surface area contributed by atoms with Crippen LogP contribution in [0.3, 0.4) is 0 Å². The van der Waals surface area contributed by atoms with Crippen molar-refractivity contribution in [3.8, 4) is 5.75 Å². The highest BCUT2D eigenvalue weighted by molar-refractivity contribution is 6.31. The van der Waals surface area contributed by atoms with Gasteiger partial charge in [-0.1, -0.05) is 54.1 Å². The van der Waals surface area contributed by atoms with Gasteiger partial charge in [0.15, 0.2) is 0 Å². The number of ketones is 1. The van der Waals surface area contributed by atoms with Crippen LogP contribution in [0.2, 0.25) is 5.02 Å². The van der Waals surface area contributed by atoms with E-state index >= 15 is 0 Å². The minimum absolute atomic E-state index is 0.0286. The molecular weight excluding hydrogens is 428 g/mol. The van der Waals surface area contributed by atoms with E-state index in [1.807, 2.05) is 30.3 Å². The summed E-state index contributed by atoms with van der Waals surface area (Å²) in [7, 11) is 0. The summed E-state index contributed by atoms with van der Waals surface area (Å²) >= 11 is 6.13. The fourth-order valence-corrected chi connectivity index (χ4v) is 3.66. The number of hydrogen-bond acceptors (Lipinski definition) is 5. The molecule has 4 rings (SSSR count). The van der Waals surface area contributed by atoms with Crippen LogP contribution in [0.4, 0.5) is 10.5 Å². The zero-order valence-corrected chi connectivity index (χ0v) is 18.1. The van der Waals surface area contributed by atoms with Crippen molar-refractivity contribution in [3.05, 3.63) is 94.6 Å². The number of anilines is 1. The van der Waals surface area contributed by atoms with Crippen LogP contribution in [0.1, 0.15) is 28.5 Å². The highest BCUT2D eigenvalue weighted by Crippen LogP contribution is 2.33. The molecule has 162 valence electrons. The van der Waals surface area contributed by atoms with E-state index in [4.69, 9.17) is 26.8 Å². The van der Waals surface area contributed by atoms with E-state index in [0.717, 1.165) is 5.56 Å². The Hall–Kier alpha value is -3.77. The van der Waals surface area contributed by atoms with Gasteiger partial charge in [-0.3, -0.25) is 4.79 Å². The van der Waals surface area contributed by atoms with Gasteiger partial charge in [0, 0.05) is 16.0 Å². The second-order valence-corrected chi connectivity index (χ2v) is 7.53. The maximum absolute atomic E-state index is 13.5. The van der Waals surface area contributed by atoms with Crippen LogP contribution in [-0.4, -0.2) is 23.1 Å². The number of hydrogen-bond donors (Lipinski definition) is 1. The molecule has 3 aromatic carbocycles. The minimum atomic E-state index is -0.698. The molecule has 0 aliphatic heterocycles. The first-order chi connectivity index (χ1) is 15.5. The highest BCUT2D eigenvalue weighted by Gasteiger charge is 2.27. The lowest BCUT2D eigenvalue weighted by Crippen LogP contribution is -2.20. The molecule has 4 aromatic rings. The van der Waals surface area contributed by atoms with E-state index < -0.39 is 11.9 Å². The first-order valence-electron chi connectivity index (χ1n) is 10.1. The lowest BCUT2D eigenvalue weighted by atomic mass is 10.1. The molecular formula is C25H21ClN2O4. The van der Waals surface area contributed by atoms with Crippen LogP contribution in [0.15, 0.2) is 72.8 Å². The van der Waals surface area contributed by atoms with E-state index in [1.165, 1.54) is 4.57 Å². The molecule has 0 amide bonds. The summed E-state index contributed by atoms with van der Waals surface area (Å²) in [4.78, 5) is 26.2. The van der Waals surface area contributed by atoms with Crippen molar-refractivity contribution >= 4 is 40.1 Å². The first-order valence-corrected chi connectivity index (χ1v) is 10.5. The van der Waals surface area contributed by atoms with Gasteiger partial charge in [0.05, 0.1) is 17.8 Å². The molecule has 0 saturated carbocycles. The van der Waals surface area contributed by atoms with Gasteiger partial charge in [-0.15, -0.1) is 0 Å². The summed E-state index contributed by atoms with van der Waals surface area (Å²) < 4.78 is 12.2. The number of nitrogens with zero attached hydrogens (tertiary/aromatic N) is 1. The number of carbonyl (C=O) groups excluding carboxylic acids is 2. The first kappa shape index (κ1) is 21.5. The maximum atomic E-state index is 13.5. The largest absolute Gasteiger partial charge is 0.489 e. The van der Waals surface area contributed by atoms with Gasteiger partial charge in [0.25, 0.3) is 0 Å². The van der Waals surface area contributed by atoms with Gasteiger partial charge in [-0.2, -0.15) is 0 Å². The Morgan fingerprint density at radius 2 is 1.78 bits per heavy atom. The van der Waals surface area contributed by atoms with Crippen LogP contribution in [0.5, 0.6) is 5.75 Å². The van der Waals surface area contributed by atoms with E-state index in [2.05, 4.69) is 0 Å². The number of nitrogens with two attached hydrogens (primary N) is 1. The molecule has 2 N–H and O–H groups in total. The zero-order valence-electron chi connectivity index (χ0n) is 17.4. The third kappa shape index (κ3) is 4.18. The van der Waals surface area contributed by atoms with Crippen LogP contribution in [-0.2, 0) is 11.3 Å². The number of rotatable bonds is 6. The van der Waals surface area contributed by atoms with Gasteiger partial charge >= 0.3 is 6.09 Å². The third-order valence-electron chi connectivity index (χ3n) is 4.98. The predicted octanol–water partition coefficient (Wildman–Crippen LogP) is 5.69. The number of ether oxygens (including phenoxy) is 2. The molecule has 0 aliphatic carbocycles. The van der Waals surface area contributed by atoms with E-state index in [9.17, 15) is 9.59 Å². The smallest absolute Gasteiger partial charge is 0.419 e. The summed E-state index contributed by atoms with van der Waals surface area (Å²) in [6, 6.07) is 21.4.